The van der Waals surface area contributed by atoms with E-state index in [4.69, 9.17) is 18.9 Å². The van der Waals surface area contributed by atoms with Gasteiger partial charge in [-0.25, -0.2) is 14.4 Å². The number of amides is 1. The molecule has 204 valence electrons. The number of rotatable bonds is 3. The molecule has 1 N–H and O–H groups in total. The molecule has 0 saturated heterocycles. The number of hydrogen-bond acceptors (Lipinski definition) is 8. The van der Waals surface area contributed by atoms with Gasteiger partial charge in [-0.05, 0) is 106 Å². The minimum atomic E-state index is -1.06. The third kappa shape index (κ3) is 15.8. The van der Waals surface area contributed by atoms with Gasteiger partial charge in [-0.15, -0.1) is 0 Å². The fraction of sp³-hybridized carbons (Fsp3) is 0.464. The van der Waals surface area contributed by atoms with Gasteiger partial charge in [0.25, 0.3) is 0 Å². The highest BCUT2D eigenvalue weighted by molar-refractivity contribution is 5.84. The summed E-state index contributed by atoms with van der Waals surface area (Å²) in [5.74, 6) is 1.48. The molecule has 0 atom stereocenters. The molecule has 0 aromatic heterocycles. The summed E-state index contributed by atoms with van der Waals surface area (Å²) in [4.78, 5) is 33.7. The fourth-order valence-electron chi connectivity index (χ4n) is 2.38. The first-order valence-corrected chi connectivity index (χ1v) is 11.8. The van der Waals surface area contributed by atoms with Gasteiger partial charge in [-0.2, -0.15) is 0 Å². The van der Waals surface area contributed by atoms with Crippen molar-refractivity contribution in [3.63, 3.8) is 0 Å². The van der Waals surface area contributed by atoms with Crippen LogP contribution in [-0.2, 0) is 18.9 Å². The zero-order chi connectivity index (χ0) is 28.4. The first kappa shape index (κ1) is 31.3. The van der Waals surface area contributed by atoms with Crippen molar-refractivity contribution >= 4 is 24.1 Å². The molecule has 37 heavy (non-hydrogen) atoms. The summed E-state index contributed by atoms with van der Waals surface area (Å²) >= 11 is 0. The molecule has 0 bridgehead atoms. The predicted molar refractivity (Wildman–Crippen MR) is 141 cm³/mol. The molecule has 0 unspecified atom stereocenters. The first-order valence-electron chi connectivity index (χ1n) is 11.8. The maximum atomic E-state index is 11.7. The summed E-state index contributed by atoms with van der Waals surface area (Å²) in [6, 6.07) is 15.0. The molecule has 9 heteroatoms. The van der Waals surface area contributed by atoms with Crippen molar-refractivity contribution in [2.45, 2.75) is 86.0 Å². The molecule has 2 aromatic rings. The van der Waals surface area contributed by atoms with Crippen LogP contribution in [0, 0.1) is 6.92 Å². The number of ether oxygens (including phenoxy) is 5. The zero-order valence-corrected chi connectivity index (χ0v) is 23.4. The van der Waals surface area contributed by atoms with E-state index in [0.717, 1.165) is 5.75 Å². The second-order valence-electron chi connectivity index (χ2n) is 11.1. The molecule has 0 spiro atoms. The van der Waals surface area contributed by atoms with E-state index in [1.807, 2.05) is 52.0 Å². The number of hydrogen-bond donors (Lipinski definition) is 1. The summed E-state index contributed by atoms with van der Waals surface area (Å²) in [5, 5.41) is 2.68. The van der Waals surface area contributed by atoms with Crippen LogP contribution in [0.2, 0.25) is 0 Å². The lowest BCUT2D eigenvalue weighted by Crippen LogP contribution is -2.29. The Bertz CT molecular complexity index is 998. The second kappa shape index (κ2) is 13.0. The lowest BCUT2D eigenvalue weighted by molar-refractivity contribution is -0.0294. The highest BCUT2D eigenvalue weighted by Gasteiger charge is 2.24. The van der Waals surface area contributed by atoms with E-state index in [1.54, 1.807) is 65.8 Å². The minimum Gasteiger partial charge on any atom is -0.457 e. The number of carbonyl (C=O) groups excluding carboxylic acids is 3. The van der Waals surface area contributed by atoms with Gasteiger partial charge in [0.2, 0.25) is 0 Å². The smallest absolute Gasteiger partial charge is 0.457 e. The van der Waals surface area contributed by atoms with Crippen molar-refractivity contribution in [2.75, 3.05) is 5.32 Å². The van der Waals surface area contributed by atoms with Crippen LogP contribution in [0.15, 0.2) is 48.5 Å². The Morgan fingerprint density at radius 2 is 0.973 bits per heavy atom. The highest BCUT2D eigenvalue weighted by Crippen LogP contribution is 2.23. The molecule has 9 nitrogen and oxygen atoms in total. The quantitative estimate of drug-likeness (QED) is 0.248. The summed E-state index contributed by atoms with van der Waals surface area (Å²) in [5.41, 5.74) is -0.0636. The van der Waals surface area contributed by atoms with E-state index in [9.17, 15) is 14.4 Å². The van der Waals surface area contributed by atoms with Crippen LogP contribution >= 0.6 is 0 Å². The van der Waals surface area contributed by atoms with E-state index in [-0.39, 0.29) is 0 Å². The SMILES string of the molecule is CC(C)(C)OC(=O)OC(=O)OC(C)(C)C.Cc1ccc(Oc2ccc(NC(=O)OC(C)(C)C)cc2)cc1. The Morgan fingerprint density at radius 1 is 0.595 bits per heavy atom. The third-order valence-electron chi connectivity index (χ3n) is 3.70. The summed E-state index contributed by atoms with van der Waals surface area (Å²) in [6.45, 7) is 17.5. The average Bonchev–Trinajstić information content (AvgIpc) is 2.67. The number of carbonyl (C=O) groups is 3. The van der Waals surface area contributed by atoms with Gasteiger partial charge >= 0.3 is 18.4 Å². The monoisotopic (exact) mass is 517 g/mol. The Kier molecular flexibility index (Phi) is 11.0. The molecule has 0 aliphatic carbocycles. The first-order chi connectivity index (χ1) is 16.8. The van der Waals surface area contributed by atoms with E-state index in [0.29, 0.717) is 11.4 Å². The van der Waals surface area contributed by atoms with Gasteiger partial charge in [0.15, 0.2) is 0 Å². The van der Waals surface area contributed by atoms with E-state index in [1.165, 1.54) is 5.56 Å². The Hall–Kier alpha value is -3.75. The van der Waals surface area contributed by atoms with Crippen molar-refractivity contribution in [3.05, 3.63) is 54.1 Å². The Labute approximate surface area is 219 Å². The summed E-state index contributed by atoms with van der Waals surface area (Å²) in [7, 11) is 0. The molecule has 2 aromatic carbocycles. The molecular formula is C28H39NO8. The number of anilines is 1. The highest BCUT2D eigenvalue weighted by atomic mass is 16.8. The molecule has 0 fully saturated rings. The summed E-state index contributed by atoms with van der Waals surface area (Å²) in [6.07, 6.45) is -2.59. The molecule has 0 heterocycles. The molecule has 0 saturated carbocycles. The van der Waals surface area contributed by atoms with Crippen LogP contribution in [0.1, 0.15) is 67.9 Å². The van der Waals surface area contributed by atoms with Crippen molar-refractivity contribution in [2.24, 2.45) is 0 Å². The largest absolute Gasteiger partial charge is 0.519 e. The molecule has 1 amide bonds. The third-order valence-corrected chi connectivity index (χ3v) is 3.70. The zero-order valence-electron chi connectivity index (χ0n) is 23.4. The average molecular weight is 518 g/mol. The number of nitrogens with one attached hydrogen (secondary N) is 1. The number of benzene rings is 2. The van der Waals surface area contributed by atoms with Crippen molar-refractivity contribution in [3.8, 4) is 11.5 Å². The molecule has 0 aliphatic heterocycles. The van der Waals surface area contributed by atoms with Crippen LogP contribution in [0.5, 0.6) is 11.5 Å². The Balaban J connectivity index is 0.000000401. The maximum Gasteiger partial charge on any atom is 0.519 e. The minimum absolute atomic E-state index is 0.472. The van der Waals surface area contributed by atoms with E-state index in [2.05, 4.69) is 10.1 Å². The van der Waals surface area contributed by atoms with Crippen LogP contribution in [0.4, 0.5) is 20.1 Å². The van der Waals surface area contributed by atoms with Gasteiger partial charge in [0.05, 0.1) is 0 Å². The van der Waals surface area contributed by atoms with Crippen molar-refractivity contribution < 1.29 is 38.1 Å². The van der Waals surface area contributed by atoms with E-state index >= 15 is 0 Å². The summed E-state index contributed by atoms with van der Waals surface area (Å²) < 4.78 is 24.7. The fourth-order valence-corrected chi connectivity index (χ4v) is 2.38. The van der Waals surface area contributed by atoms with Gasteiger partial charge in [-0.3, -0.25) is 5.32 Å². The molecule has 0 radical (unpaired) electrons. The van der Waals surface area contributed by atoms with Crippen molar-refractivity contribution in [1.29, 1.82) is 0 Å². The lowest BCUT2D eigenvalue weighted by atomic mass is 10.2. The molecular weight excluding hydrogens is 478 g/mol. The van der Waals surface area contributed by atoms with Gasteiger partial charge < -0.3 is 23.7 Å². The maximum absolute atomic E-state index is 11.7. The van der Waals surface area contributed by atoms with Crippen LogP contribution in [0.3, 0.4) is 0 Å². The topological polar surface area (TPSA) is 109 Å². The number of aryl methyl sites for hydroxylation is 1. The van der Waals surface area contributed by atoms with Gasteiger partial charge in [0, 0.05) is 5.69 Å². The molecule has 2 rings (SSSR count). The van der Waals surface area contributed by atoms with Gasteiger partial charge in [0.1, 0.15) is 28.3 Å². The Morgan fingerprint density at radius 3 is 1.35 bits per heavy atom. The lowest BCUT2D eigenvalue weighted by Gasteiger charge is -2.20. The van der Waals surface area contributed by atoms with Crippen LogP contribution < -0.4 is 10.1 Å². The normalized spacial score (nSPS) is 11.3. The van der Waals surface area contributed by atoms with E-state index < -0.39 is 35.2 Å². The van der Waals surface area contributed by atoms with Crippen LogP contribution in [0.25, 0.3) is 0 Å². The van der Waals surface area contributed by atoms with Crippen LogP contribution in [-0.4, -0.2) is 35.2 Å². The molecule has 0 aliphatic rings. The standard InChI is InChI=1S/C18H21NO3.C10H18O5/c1-13-5-9-15(10-6-13)21-16-11-7-14(8-12-16)19-17(20)22-18(2,3)4;1-9(2,3)14-7(11)13-8(12)15-10(4,5)6/h5-12H,1-4H3,(H,19,20);1-6H3. The van der Waals surface area contributed by atoms with Crippen molar-refractivity contribution in [1.82, 2.24) is 0 Å². The van der Waals surface area contributed by atoms with Gasteiger partial charge in [-0.1, -0.05) is 17.7 Å². The predicted octanol–water partition coefficient (Wildman–Crippen LogP) is 8.01. The second-order valence-corrected chi connectivity index (χ2v) is 11.1.